The lowest BCUT2D eigenvalue weighted by molar-refractivity contribution is 0.00578. The maximum Gasteiger partial charge on any atom is 0.480 e. The first-order valence-electron chi connectivity index (χ1n) is 6.82. The molecule has 2 rings (SSSR count). The van der Waals surface area contributed by atoms with Crippen LogP contribution >= 0.6 is 0 Å². The van der Waals surface area contributed by atoms with Crippen LogP contribution in [0.2, 0.25) is 0 Å². The normalized spacial score (nSPS) is 22.6. The molecular weight excluding hydrogens is 237 g/mol. The topological polar surface area (TPSA) is 44.5 Å². The van der Waals surface area contributed by atoms with Crippen molar-refractivity contribution in [1.29, 1.82) is 0 Å². The fourth-order valence-electron chi connectivity index (χ4n) is 2.38. The summed E-state index contributed by atoms with van der Waals surface area (Å²) in [4.78, 5) is 0. The molecule has 1 heterocycles. The lowest BCUT2D eigenvalue weighted by Gasteiger charge is -2.32. The lowest BCUT2D eigenvalue weighted by atomic mass is 9.73. The van der Waals surface area contributed by atoms with Gasteiger partial charge >= 0.3 is 7.12 Å². The monoisotopic (exact) mass is 261 g/mol. The second-order valence-corrected chi connectivity index (χ2v) is 6.51. The van der Waals surface area contributed by atoms with Crippen LogP contribution < -0.4 is 5.73 Å². The Balaban J connectivity index is 2.24. The molecule has 0 amide bonds. The van der Waals surface area contributed by atoms with Crippen LogP contribution in [0.5, 0.6) is 0 Å². The van der Waals surface area contributed by atoms with Gasteiger partial charge in [0.05, 0.1) is 17.1 Å². The summed E-state index contributed by atoms with van der Waals surface area (Å²) >= 11 is 0. The van der Waals surface area contributed by atoms with Crippen LogP contribution in [0.3, 0.4) is 0 Å². The van der Waals surface area contributed by atoms with E-state index in [4.69, 9.17) is 15.0 Å². The highest BCUT2D eigenvalue weighted by atomic mass is 16.7. The minimum atomic E-state index is -0.397. The minimum absolute atomic E-state index is 0.262. The Kier molecular flexibility index (Phi) is 3.54. The molecule has 0 radical (unpaired) electrons. The SMILES string of the molecule is Cc1ccc([C@H](N)B2OC(C)(C)C(C)(C)O2)c(C)c1. The Morgan fingerprint density at radius 3 is 2.05 bits per heavy atom. The molecule has 1 aliphatic heterocycles. The van der Waals surface area contributed by atoms with Gasteiger partial charge in [-0.05, 0) is 52.7 Å². The first-order valence-corrected chi connectivity index (χ1v) is 6.82. The average Bonchev–Trinajstić information content (AvgIpc) is 2.47. The molecule has 1 aromatic rings. The third-order valence-corrected chi connectivity index (χ3v) is 4.35. The van der Waals surface area contributed by atoms with Gasteiger partial charge in [0.15, 0.2) is 0 Å². The summed E-state index contributed by atoms with van der Waals surface area (Å²) in [5.74, 6) is -0.262. The summed E-state index contributed by atoms with van der Waals surface area (Å²) in [6.07, 6.45) is 0. The second kappa shape index (κ2) is 4.62. The smallest absolute Gasteiger partial charge is 0.402 e. The number of benzene rings is 1. The quantitative estimate of drug-likeness (QED) is 0.832. The van der Waals surface area contributed by atoms with E-state index in [9.17, 15) is 0 Å². The van der Waals surface area contributed by atoms with Gasteiger partial charge in [0.2, 0.25) is 0 Å². The highest BCUT2D eigenvalue weighted by Crippen LogP contribution is 2.39. The summed E-state index contributed by atoms with van der Waals surface area (Å²) < 4.78 is 12.0. The zero-order valence-electron chi connectivity index (χ0n) is 12.8. The van der Waals surface area contributed by atoms with Gasteiger partial charge in [-0.2, -0.15) is 0 Å². The molecular formula is C15H24BNO2. The lowest BCUT2D eigenvalue weighted by Crippen LogP contribution is -2.41. The summed E-state index contributed by atoms with van der Waals surface area (Å²) in [6, 6.07) is 6.29. The van der Waals surface area contributed by atoms with Crippen molar-refractivity contribution < 1.29 is 9.31 Å². The maximum atomic E-state index is 6.34. The van der Waals surface area contributed by atoms with Gasteiger partial charge in [0, 0.05) is 0 Å². The fraction of sp³-hybridized carbons (Fsp3) is 0.600. The van der Waals surface area contributed by atoms with Crippen molar-refractivity contribution in [1.82, 2.24) is 0 Å². The van der Waals surface area contributed by atoms with Gasteiger partial charge in [0.25, 0.3) is 0 Å². The van der Waals surface area contributed by atoms with Crippen molar-refractivity contribution >= 4 is 7.12 Å². The molecule has 1 aromatic carbocycles. The third kappa shape index (κ3) is 2.57. The van der Waals surface area contributed by atoms with Crippen molar-refractivity contribution in [3.8, 4) is 0 Å². The molecule has 1 aliphatic rings. The van der Waals surface area contributed by atoms with Gasteiger partial charge in [0.1, 0.15) is 0 Å². The maximum absolute atomic E-state index is 6.34. The van der Waals surface area contributed by atoms with E-state index in [1.165, 1.54) is 11.1 Å². The molecule has 0 saturated carbocycles. The molecule has 1 atom stereocenters. The van der Waals surface area contributed by atoms with E-state index in [-0.39, 0.29) is 17.1 Å². The Labute approximate surface area is 116 Å². The van der Waals surface area contributed by atoms with E-state index in [2.05, 4.69) is 32.0 Å². The van der Waals surface area contributed by atoms with Crippen LogP contribution in [-0.2, 0) is 9.31 Å². The number of hydrogen-bond donors (Lipinski definition) is 1. The number of rotatable bonds is 2. The highest BCUT2D eigenvalue weighted by Gasteiger charge is 2.53. The van der Waals surface area contributed by atoms with Crippen molar-refractivity contribution in [2.45, 2.75) is 58.7 Å². The van der Waals surface area contributed by atoms with Gasteiger partial charge in [-0.25, -0.2) is 0 Å². The first kappa shape index (κ1) is 14.6. The largest absolute Gasteiger partial charge is 0.480 e. The van der Waals surface area contributed by atoms with Crippen molar-refractivity contribution in [3.05, 3.63) is 34.9 Å². The molecule has 0 spiro atoms. The molecule has 3 nitrogen and oxygen atoms in total. The zero-order valence-corrected chi connectivity index (χ0v) is 12.8. The molecule has 2 N–H and O–H groups in total. The van der Waals surface area contributed by atoms with Gasteiger partial charge in [-0.15, -0.1) is 0 Å². The second-order valence-electron chi connectivity index (χ2n) is 6.51. The molecule has 1 saturated heterocycles. The Bertz CT molecular complexity index is 469. The molecule has 4 heteroatoms. The van der Waals surface area contributed by atoms with Crippen molar-refractivity contribution in [2.24, 2.45) is 5.73 Å². The average molecular weight is 261 g/mol. The molecule has 0 bridgehead atoms. The molecule has 104 valence electrons. The summed E-state index contributed by atoms with van der Waals surface area (Å²) in [5.41, 5.74) is 9.17. The predicted octanol–water partition coefficient (Wildman–Crippen LogP) is 2.93. The third-order valence-electron chi connectivity index (χ3n) is 4.35. The minimum Gasteiger partial charge on any atom is -0.402 e. The van der Waals surface area contributed by atoms with E-state index in [0.717, 1.165) is 5.56 Å². The molecule has 0 aliphatic carbocycles. The summed E-state index contributed by atoms with van der Waals surface area (Å²) in [6.45, 7) is 12.3. The van der Waals surface area contributed by atoms with Gasteiger partial charge in [-0.1, -0.05) is 23.8 Å². The van der Waals surface area contributed by atoms with Crippen LogP contribution in [0.4, 0.5) is 0 Å². The van der Waals surface area contributed by atoms with E-state index >= 15 is 0 Å². The van der Waals surface area contributed by atoms with E-state index in [1.807, 2.05) is 27.7 Å². The van der Waals surface area contributed by atoms with Crippen LogP contribution in [-0.4, -0.2) is 18.3 Å². The van der Waals surface area contributed by atoms with Gasteiger partial charge < -0.3 is 15.0 Å². The number of hydrogen-bond acceptors (Lipinski definition) is 3. The molecule has 0 unspecified atom stereocenters. The van der Waals surface area contributed by atoms with E-state index < -0.39 is 7.12 Å². The fourth-order valence-corrected chi connectivity index (χ4v) is 2.38. The van der Waals surface area contributed by atoms with E-state index in [1.54, 1.807) is 0 Å². The predicted molar refractivity (Wildman–Crippen MR) is 78.9 cm³/mol. The van der Waals surface area contributed by atoms with Crippen LogP contribution in [0.25, 0.3) is 0 Å². The Hall–Kier alpha value is -0.835. The van der Waals surface area contributed by atoms with Crippen LogP contribution in [0.15, 0.2) is 18.2 Å². The standard InChI is InChI=1S/C15H24BNO2/c1-10-7-8-12(11(2)9-10)13(17)16-18-14(3,4)15(5,6)19-16/h7-9,13H,17H2,1-6H3/t13-/m0/s1. The Morgan fingerprint density at radius 2 is 1.58 bits per heavy atom. The molecule has 1 fully saturated rings. The molecule has 19 heavy (non-hydrogen) atoms. The van der Waals surface area contributed by atoms with Crippen molar-refractivity contribution in [3.63, 3.8) is 0 Å². The molecule has 0 aromatic heterocycles. The number of aryl methyl sites for hydroxylation is 2. The highest BCUT2D eigenvalue weighted by molar-refractivity contribution is 6.47. The summed E-state index contributed by atoms with van der Waals surface area (Å²) in [5, 5.41) is 0. The first-order chi connectivity index (χ1) is 8.64. The number of nitrogens with two attached hydrogens (primary N) is 1. The van der Waals surface area contributed by atoms with Crippen LogP contribution in [0.1, 0.15) is 50.3 Å². The van der Waals surface area contributed by atoms with E-state index in [0.29, 0.717) is 0 Å². The van der Waals surface area contributed by atoms with Crippen molar-refractivity contribution in [2.75, 3.05) is 0 Å². The van der Waals surface area contributed by atoms with Gasteiger partial charge in [-0.3, -0.25) is 0 Å². The van der Waals surface area contributed by atoms with Crippen LogP contribution in [0, 0.1) is 13.8 Å². The Morgan fingerprint density at radius 1 is 1.05 bits per heavy atom. The zero-order chi connectivity index (χ0) is 14.4. The summed E-state index contributed by atoms with van der Waals surface area (Å²) in [7, 11) is -0.397.